The predicted molar refractivity (Wildman–Crippen MR) is 58.3 cm³/mol. The third-order valence-electron chi connectivity index (χ3n) is 2.06. The summed E-state index contributed by atoms with van der Waals surface area (Å²) in [6.45, 7) is 0.220. The van der Waals surface area contributed by atoms with Crippen molar-refractivity contribution in [1.29, 1.82) is 0 Å². The number of rotatable bonds is 3. The van der Waals surface area contributed by atoms with Crippen LogP contribution < -0.4 is 0 Å². The zero-order chi connectivity index (χ0) is 9.97. The highest BCUT2D eigenvalue weighted by Crippen LogP contribution is 2.13. The van der Waals surface area contributed by atoms with Crippen LogP contribution >= 0.6 is 15.9 Å². The Morgan fingerprint density at radius 3 is 3.00 bits per heavy atom. The Morgan fingerprint density at radius 1 is 1.36 bits per heavy atom. The lowest BCUT2D eigenvalue weighted by Gasteiger charge is -1.91. The van der Waals surface area contributed by atoms with Gasteiger partial charge in [0.2, 0.25) is 0 Å². The molecule has 1 N–H and O–H groups in total. The topological polar surface area (TPSA) is 37.5 Å². The van der Waals surface area contributed by atoms with Gasteiger partial charge in [-0.05, 0) is 40.9 Å². The highest BCUT2D eigenvalue weighted by molar-refractivity contribution is 9.10. The maximum atomic E-state index is 8.70. The molecule has 14 heavy (non-hydrogen) atoms. The molecular formula is C10H11BrN2O. The summed E-state index contributed by atoms with van der Waals surface area (Å²) < 4.78 is 3.02. The lowest BCUT2D eigenvalue weighted by molar-refractivity contribution is 0.288. The van der Waals surface area contributed by atoms with Gasteiger partial charge in [0, 0.05) is 23.5 Å². The van der Waals surface area contributed by atoms with Crippen molar-refractivity contribution in [2.45, 2.75) is 12.8 Å². The van der Waals surface area contributed by atoms with Gasteiger partial charge < -0.3 is 9.51 Å². The lowest BCUT2D eigenvalue weighted by Crippen LogP contribution is -1.88. The van der Waals surface area contributed by atoms with Crippen LogP contribution in [0.4, 0.5) is 0 Å². The number of halogens is 1. The maximum absolute atomic E-state index is 8.70. The van der Waals surface area contributed by atoms with Crippen molar-refractivity contribution in [2.24, 2.45) is 0 Å². The first kappa shape index (κ1) is 9.68. The number of aromatic nitrogens is 2. The van der Waals surface area contributed by atoms with E-state index in [2.05, 4.69) is 20.9 Å². The zero-order valence-electron chi connectivity index (χ0n) is 7.65. The fourth-order valence-corrected chi connectivity index (χ4v) is 1.75. The molecule has 2 heterocycles. The second-order valence-electron chi connectivity index (χ2n) is 3.17. The Hall–Kier alpha value is -0.870. The van der Waals surface area contributed by atoms with Gasteiger partial charge in [-0.25, -0.2) is 4.98 Å². The van der Waals surface area contributed by atoms with Crippen LogP contribution in [0.3, 0.4) is 0 Å². The molecule has 0 fully saturated rings. The molecule has 2 aromatic heterocycles. The van der Waals surface area contributed by atoms with Crippen LogP contribution in [0.1, 0.15) is 12.1 Å². The monoisotopic (exact) mass is 254 g/mol. The van der Waals surface area contributed by atoms with E-state index in [-0.39, 0.29) is 6.61 Å². The number of aliphatic hydroxyl groups is 1. The number of imidazole rings is 1. The summed E-state index contributed by atoms with van der Waals surface area (Å²) >= 11 is 3.41. The Balaban J connectivity index is 2.32. The minimum atomic E-state index is 0.220. The van der Waals surface area contributed by atoms with E-state index in [9.17, 15) is 0 Å². The summed E-state index contributed by atoms with van der Waals surface area (Å²) in [7, 11) is 0. The maximum Gasteiger partial charge on any atom is 0.137 e. The largest absolute Gasteiger partial charge is 0.396 e. The van der Waals surface area contributed by atoms with Gasteiger partial charge in [0.15, 0.2) is 0 Å². The molecular weight excluding hydrogens is 244 g/mol. The van der Waals surface area contributed by atoms with Crippen LogP contribution in [-0.4, -0.2) is 21.1 Å². The van der Waals surface area contributed by atoms with Crippen molar-refractivity contribution < 1.29 is 5.11 Å². The van der Waals surface area contributed by atoms with E-state index in [1.54, 1.807) is 0 Å². The molecule has 3 nitrogen and oxygen atoms in total. The summed E-state index contributed by atoms with van der Waals surface area (Å²) in [4.78, 5) is 4.42. The van der Waals surface area contributed by atoms with Crippen molar-refractivity contribution in [3.8, 4) is 0 Å². The number of fused-ring (bicyclic) bond motifs is 1. The molecule has 4 heteroatoms. The van der Waals surface area contributed by atoms with E-state index in [0.29, 0.717) is 0 Å². The fourth-order valence-electron chi connectivity index (χ4n) is 1.40. The highest BCUT2D eigenvalue weighted by Gasteiger charge is 2.00. The molecule has 0 saturated heterocycles. The Kier molecular flexibility index (Phi) is 2.84. The van der Waals surface area contributed by atoms with E-state index in [0.717, 1.165) is 28.7 Å². The molecule has 0 amide bonds. The third-order valence-corrected chi connectivity index (χ3v) is 2.52. The van der Waals surface area contributed by atoms with E-state index in [4.69, 9.17) is 5.11 Å². The molecule has 0 spiro atoms. The molecule has 2 rings (SSSR count). The third kappa shape index (κ3) is 1.96. The van der Waals surface area contributed by atoms with Crippen LogP contribution in [0.5, 0.6) is 0 Å². The average Bonchev–Trinajstić information content (AvgIpc) is 2.56. The first-order valence-corrected chi connectivity index (χ1v) is 5.33. The van der Waals surface area contributed by atoms with Gasteiger partial charge in [-0.2, -0.15) is 0 Å². The minimum Gasteiger partial charge on any atom is -0.396 e. The molecule has 0 bridgehead atoms. The smallest absolute Gasteiger partial charge is 0.137 e. The second-order valence-corrected chi connectivity index (χ2v) is 4.09. The van der Waals surface area contributed by atoms with Crippen molar-refractivity contribution in [3.05, 3.63) is 34.7 Å². The molecule has 2 aromatic rings. The SMILES string of the molecule is OCCCc1cn2cc(Br)ccc2n1. The summed E-state index contributed by atoms with van der Waals surface area (Å²) in [5.41, 5.74) is 1.97. The first-order chi connectivity index (χ1) is 6.79. The second kappa shape index (κ2) is 4.11. The molecule has 0 aliphatic carbocycles. The molecule has 0 aromatic carbocycles. The predicted octanol–water partition coefficient (Wildman–Crippen LogP) is 2.02. The Morgan fingerprint density at radius 2 is 2.21 bits per heavy atom. The van der Waals surface area contributed by atoms with Gasteiger partial charge in [-0.15, -0.1) is 0 Å². The van der Waals surface area contributed by atoms with E-state index in [1.165, 1.54) is 0 Å². The van der Waals surface area contributed by atoms with Crippen LogP contribution in [-0.2, 0) is 6.42 Å². The summed E-state index contributed by atoms with van der Waals surface area (Å²) in [6, 6.07) is 3.94. The normalized spacial score (nSPS) is 11.0. The van der Waals surface area contributed by atoms with E-state index in [1.807, 2.05) is 28.9 Å². The Labute approximate surface area is 90.5 Å². The van der Waals surface area contributed by atoms with Gasteiger partial charge in [0.25, 0.3) is 0 Å². The molecule has 0 saturated carbocycles. The number of hydrogen-bond donors (Lipinski definition) is 1. The number of hydrogen-bond acceptors (Lipinski definition) is 2. The zero-order valence-corrected chi connectivity index (χ0v) is 9.24. The van der Waals surface area contributed by atoms with Gasteiger partial charge in [-0.1, -0.05) is 0 Å². The summed E-state index contributed by atoms with van der Waals surface area (Å²) in [5, 5.41) is 8.70. The number of pyridine rings is 1. The molecule has 0 radical (unpaired) electrons. The quantitative estimate of drug-likeness (QED) is 0.911. The van der Waals surface area contributed by atoms with Crippen molar-refractivity contribution >= 4 is 21.6 Å². The van der Waals surface area contributed by atoms with Gasteiger partial charge in [0.05, 0.1) is 5.69 Å². The number of aryl methyl sites for hydroxylation is 1. The fraction of sp³-hybridized carbons (Fsp3) is 0.300. The van der Waals surface area contributed by atoms with Gasteiger partial charge in [0.1, 0.15) is 5.65 Å². The van der Waals surface area contributed by atoms with Crippen LogP contribution in [0.25, 0.3) is 5.65 Å². The van der Waals surface area contributed by atoms with E-state index < -0.39 is 0 Å². The molecule has 0 atom stereocenters. The molecule has 0 aliphatic rings. The van der Waals surface area contributed by atoms with Gasteiger partial charge >= 0.3 is 0 Å². The number of nitrogens with zero attached hydrogens (tertiary/aromatic N) is 2. The molecule has 74 valence electrons. The van der Waals surface area contributed by atoms with E-state index >= 15 is 0 Å². The number of aliphatic hydroxyl groups excluding tert-OH is 1. The van der Waals surface area contributed by atoms with Crippen molar-refractivity contribution in [3.63, 3.8) is 0 Å². The standard InChI is InChI=1S/C10H11BrN2O/c11-8-3-4-10-12-9(2-1-5-14)7-13(10)6-8/h3-4,6-7,14H,1-2,5H2. The lowest BCUT2D eigenvalue weighted by atomic mass is 10.3. The van der Waals surface area contributed by atoms with Crippen LogP contribution in [0.15, 0.2) is 29.0 Å². The average molecular weight is 255 g/mol. The Bertz CT molecular complexity index is 439. The highest BCUT2D eigenvalue weighted by atomic mass is 79.9. The van der Waals surface area contributed by atoms with Crippen LogP contribution in [0, 0.1) is 0 Å². The van der Waals surface area contributed by atoms with Crippen molar-refractivity contribution in [1.82, 2.24) is 9.38 Å². The van der Waals surface area contributed by atoms with Crippen LogP contribution in [0.2, 0.25) is 0 Å². The van der Waals surface area contributed by atoms with Gasteiger partial charge in [-0.3, -0.25) is 0 Å². The van der Waals surface area contributed by atoms with Crippen molar-refractivity contribution in [2.75, 3.05) is 6.61 Å². The summed E-state index contributed by atoms with van der Waals surface area (Å²) in [6.07, 6.45) is 5.57. The first-order valence-electron chi connectivity index (χ1n) is 4.53. The molecule has 0 aliphatic heterocycles. The minimum absolute atomic E-state index is 0.220. The summed E-state index contributed by atoms with van der Waals surface area (Å²) in [5.74, 6) is 0. The molecule has 0 unspecified atom stereocenters.